The van der Waals surface area contributed by atoms with E-state index in [0.717, 1.165) is 38.8 Å². The highest BCUT2D eigenvalue weighted by atomic mass is 17.2. The van der Waals surface area contributed by atoms with Gasteiger partial charge in [-0.25, -0.2) is 9.78 Å². The SMILES string of the molecule is CCC(C)(CCN(C)C)OOC(C)(CC)CCN(C)C. The van der Waals surface area contributed by atoms with Crippen molar-refractivity contribution in [3.8, 4) is 0 Å². The summed E-state index contributed by atoms with van der Waals surface area (Å²) in [5.41, 5.74) is -0.419. The summed E-state index contributed by atoms with van der Waals surface area (Å²) in [4.78, 5) is 16.1. The lowest BCUT2D eigenvalue weighted by Gasteiger charge is -2.35. The molecule has 0 spiro atoms. The fraction of sp³-hybridized carbons (Fsp3) is 1.00. The summed E-state index contributed by atoms with van der Waals surface area (Å²) in [5, 5.41) is 0. The molecule has 0 rings (SSSR count). The third-order valence-corrected chi connectivity index (χ3v) is 4.12. The molecule has 2 unspecified atom stereocenters. The van der Waals surface area contributed by atoms with Crippen molar-refractivity contribution in [2.24, 2.45) is 0 Å². The average Bonchev–Trinajstić information content (AvgIpc) is 2.41. The monoisotopic (exact) mass is 288 g/mol. The third-order valence-electron chi connectivity index (χ3n) is 4.12. The zero-order valence-electron chi connectivity index (χ0n) is 15.0. The molecule has 0 amide bonds. The molecule has 4 heteroatoms. The fourth-order valence-electron chi connectivity index (χ4n) is 1.68. The average molecular weight is 288 g/mol. The maximum atomic E-state index is 5.87. The van der Waals surface area contributed by atoms with Crippen LogP contribution in [0.5, 0.6) is 0 Å². The first kappa shape index (κ1) is 19.8. The quantitative estimate of drug-likeness (QED) is 0.431. The molecule has 0 N–H and O–H groups in total. The van der Waals surface area contributed by atoms with Crippen molar-refractivity contribution < 1.29 is 9.78 Å². The number of rotatable bonds is 11. The Morgan fingerprint density at radius 1 is 0.700 bits per heavy atom. The van der Waals surface area contributed by atoms with Crippen molar-refractivity contribution in [1.29, 1.82) is 0 Å². The lowest BCUT2D eigenvalue weighted by atomic mass is 9.98. The molecule has 0 saturated heterocycles. The van der Waals surface area contributed by atoms with Crippen molar-refractivity contribution >= 4 is 0 Å². The molecular formula is C16H36N2O2. The van der Waals surface area contributed by atoms with Crippen molar-refractivity contribution in [3.05, 3.63) is 0 Å². The highest BCUT2D eigenvalue weighted by Crippen LogP contribution is 2.27. The predicted molar refractivity (Wildman–Crippen MR) is 85.9 cm³/mol. The van der Waals surface area contributed by atoms with E-state index in [0.29, 0.717) is 0 Å². The van der Waals surface area contributed by atoms with Gasteiger partial charge in [-0.05, 0) is 67.7 Å². The van der Waals surface area contributed by atoms with Gasteiger partial charge in [0, 0.05) is 13.1 Å². The van der Waals surface area contributed by atoms with Crippen LogP contribution in [-0.2, 0) is 9.78 Å². The van der Waals surface area contributed by atoms with Crippen LogP contribution in [0.4, 0.5) is 0 Å². The molecule has 122 valence electrons. The minimum Gasteiger partial charge on any atom is -0.309 e. The largest absolute Gasteiger partial charge is 0.309 e. The van der Waals surface area contributed by atoms with Crippen LogP contribution in [0, 0.1) is 0 Å². The first-order valence-electron chi connectivity index (χ1n) is 7.82. The molecule has 0 aliphatic rings. The normalized spacial score (nSPS) is 18.3. The molecule has 0 aromatic heterocycles. The maximum absolute atomic E-state index is 5.87. The molecule has 0 aliphatic heterocycles. The van der Waals surface area contributed by atoms with Gasteiger partial charge < -0.3 is 9.80 Å². The van der Waals surface area contributed by atoms with Gasteiger partial charge in [0.2, 0.25) is 0 Å². The highest BCUT2D eigenvalue weighted by Gasteiger charge is 2.31. The Bertz CT molecular complexity index is 233. The second-order valence-corrected chi connectivity index (χ2v) is 6.88. The summed E-state index contributed by atoms with van der Waals surface area (Å²) in [5.74, 6) is 0. The molecule has 0 bridgehead atoms. The molecule has 2 atom stereocenters. The van der Waals surface area contributed by atoms with E-state index in [2.05, 4.69) is 65.7 Å². The standard InChI is InChI=1S/C16H36N2O2/c1-9-15(3,11-13-17(5)6)19-20-16(4,10-2)12-14-18(7)8/h9-14H2,1-8H3. The van der Waals surface area contributed by atoms with E-state index in [1.165, 1.54) is 0 Å². The molecule has 4 nitrogen and oxygen atoms in total. The summed E-state index contributed by atoms with van der Waals surface area (Å²) in [6, 6.07) is 0. The van der Waals surface area contributed by atoms with Gasteiger partial charge in [0.1, 0.15) is 11.2 Å². The Morgan fingerprint density at radius 3 is 1.20 bits per heavy atom. The molecule has 0 aromatic rings. The lowest BCUT2D eigenvalue weighted by Crippen LogP contribution is -2.39. The van der Waals surface area contributed by atoms with Gasteiger partial charge in [-0.15, -0.1) is 0 Å². The van der Waals surface area contributed by atoms with Gasteiger partial charge in [0.25, 0.3) is 0 Å². The zero-order chi connectivity index (χ0) is 15.8. The Hall–Kier alpha value is -0.160. The minimum atomic E-state index is -0.210. The van der Waals surface area contributed by atoms with E-state index >= 15 is 0 Å². The smallest absolute Gasteiger partial charge is 0.102 e. The summed E-state index contributed by atoms with van der Waals surface area (Å²) < 4.78 is 0. The van der Waals surface area contributed by atoms with E-state index < -0.39 is 0 Å². The minimum absolute atomic E-state index is 0.210. The van der Waals surface area contributed by atoms with Gasteiger partial charge in [0.15, 0.2) is 0 Å². The summed E-state index contributed by atoms with van der Waals surface area (Å²) in [6.07, 6.45) is 3.86. The van der Waals surface area contributed by atoms with E-state index in [-0.39, 0.29) is 11.2 Å². The molecule has 0 aromatic carbocycles. The predicted octanol–water partition coefficient (Wildman–Crippen LogP) is 3.18. The van der Waals surface area contributed by atoms with Crippen LogP contribution < -0.4 is 0 Å². The Balaban J connectivity index is 4.42. The Kier molecular flexibility index (Phi) is 8.91. The van der Waals surface area contributed by atoms with Crippen molar-refractivity contribution in [3.63, 3.8) is 0 Å². The van der Waals surface area contributed by atoms with E-state index in [9.17, 15) is 0 Å². The van der Waals surface area contributed by atoms with Crippen LogP contribution in [-0.4, -0.2) is 62.3 Å². The highest BCUT2D eigenvalue weighted by molar-refractivity contribution is 4.76. The second kappa shape index (κ2) is 8.98. The summed E-state index contributed by atoms with van der Waals surface area (Å²) >= 11 is 0. The van der Waals surface area contributed by atoms with Crippen LogP contribution in [0.3, 0.4) is 0 Å². The third kappa shape index (κ3) is 8.20. The van der Waals surface area contributed by atoms with Crippen molar-refractivity contribution in [1.82, 2.24) is 9.80 Å². The molecule has 0 fully saturated rings. The molecular weight excluding hydrogens is 252 g/mol. The van der Waals surface area contributed by atoms with Crippen LogP contribution >= 0.6 is 0 Å². The molecule has 0 aliphatic carbocycles. The van der Waals surface area contributed by atoms with Gasteiger partial charge in [-0.1, -0.05) is 13.8 Å². The number of hydrogen-bond acceptors (Lipinski definition) is 4. The zero-order valence-corrected chi connectivity index (χ0v) is 15.0. The fourth-order valence-corrected chi connectivity index (χ4v) is 1.68. The van der Waals surface area contributed by atoms with Crippen molar-refractivity contribution in [2.75, 3.05) is 41.3 Å². The Labute approximate surface area is 126 Å². The van der Waals surface area contributed by atoms with E-state index in [1.54, 1.807) is 0 Å². The topological polar surface area (TPSA) is 24.9 Å². The molecule has 0 saturated carbocycles. The summed E-state index contributed by atoms with van der Waals surface area (Å²) in [6.45, 7) is 10.6. The number of hydrogen-bond donors (Lipinski definition) is 0. The second-order valence-electron chi connectivity index (χ2n) is 6.88. The van der Waals surface area contributed by atoms with E-state index in [1.807, 2.05) is 0 Å². The molecule has 0 radical (unpaired) electrons. The van der Waals surface area contributed by atoms with Gasteiger partial charge >= 0.3 is 0 Å². The maximum Gasteiger partial charge on any atom is 0.102 e. The van der Waals surface area contributed by atoms with Crippen LogP contribution in [0.2, 0.25) is 0 Å². The molecule has 0 heterocycles. The van der Waals surface area contributed by atoms with Gasteiger partial charge in [0.05, 0.1) is 0 Å². The first-order chi connectivity index (χ1) is 9.16. The van der Waals surface area contributed by atoms with Crippen LogP contribution in [0.1, 0.15) is 53.4 Å². The molecule has 20 heavy (non-hydrogen) atoms. The van der Waals surface area contributed by atoms with Gasteiger partial charge in [-0.3, -0.25) is 0 Å². The first-order valence-corrected chi connectivity index (χ1v) is 7.82. The lowest BCUT2D eigenvalue weighted by molar-refractivity contribution is -0.411. The Morgan fingerprint density at radius 2 is 1.00 bits per heavy atom. The number of nitrogens with zero attached hydrogens (tertiary/aromatic N) is 2. The van der Waals surface area contributed by atoms with Crippen molar-refractivity contribution in [2.45, 2.75) is 64.6 Å². The van der Waals surface area contributed by atoms with E-state index in [4.69, 9.17) is 9.78 Å². The van der Waals surface area contributed by atoms with Crippen LogP contribution in [0.15, 0.2) is 0 Å². The van der Waals surface area contributed by atoms with Crippen LogP contribution in [0.25, 0.3) is 0 Å². The summed E-state index contributed by atoms with van der Waals surface area (Å²) in [7, 11) is 8.35. The van der Waals surface area contributed by atoms with Gasteiger partial charge in [-0.2, -0.15) is 0 Å².